The molecule has 6 rings (SSSR count). The van der Waals surface area contributed by atoms with Crippen molar-refractivity contribution in [1.29, 1.82) is 0 Å². The number of hydrogen-bond donors (Lipinski definition) is 4. The molecule has 1 saturated carbocycles. The Morgan fingerprint density at radius 2 is 1.88 bits per heavy atom. The summed E-state index contributed by atoms with van der Waals surface area (Å²) >= 11 is 0. The van der Waals surface area contributed by atoms with Crippen molar-refractivity contribution >= 4 is 17.4 Å². The minimum absolute atomic E-state index is 0.00319. The predicted molar refractivity (Wildman–Crippen MR) is 121 cm³/mol. The minimum Gasteiger partial charge on any atom is -0.508 e. The van der Waals surface area contributed by atoms with Gasteiger partial charge in [0.15, 0.2) is 23.4 Å². The fourth-order valence-corrected chi connectivity index (χ4v) is 6.28. The SMILES string of the molecule is CC(=O)Nc1ccc(O)cc1.CN1CC[C@]23c4c5ccc(O)c4O[C@H]2C(=O)CC[C@@]3(O)[C@H]1C5. The van der Waals surface area contributed by atoms with E-state index in [1.165, 1.54) is 19.1 Å². The fraction of sp³-hybridized carbons (Fsp3) is 0.440. The normalized spacial score (nSPS) is 31.1. The van der Waals surface area contributed by atoms with Gasteiger partial charge in [0.1, 0.15) is 5.75 Å². The molecule has 0 aromatic heterocycles. The second-order valence-electron chi connectivity index (χ2n) is 9.49. The topological polar surface area (TPSA) is 119 Å². The van der Waals surface area contributed by atoms with Gasteiger partial charge < -0.3 is 30.3 Å². The summed E-state index contributed by atoms with van der Waals surface area (Å²) in [6.45, 7) is 2.27. The number of nitrogens with zero attached hydrogens (tertiary/aromatic N) is 1. The fourth-order valence-electron chi connectivity index (χ4n) is 6.28. The van der Waals surface area contributed by atoms with Crippen LogP contribution in [0.4, 0.5) is 5.69 Å². The molecule has 4 atom stereocenters. The van der Waals surface area contributed by atoms with Gasteiger partial charge in [-0.2, -0.15) is 0 Å². The number of aromatic hydroxyl groups is 2. The molecule has 33 heavy (non-hydrogen) atoms. The van der Waals surface area contributed by atoms with E-state index in [1.807, 2.05) is 13.1 Å². The van der Waals surface area contributed by atoms with Crippen LogP contribution in [0.1, 0.15) is 37.3 Å². The number of phenolic OH excluding ortho intramolecular Hbond substituents is 2. The van der Waals surface area contributed by atoms with Crippen LogP contribution in [0, 0.1) is 0 Å². The summed E-state index contributed by atoms with van der Waals surface area (Å²) in [5.74, 6) is 0.639. The third kappa shape index (κ3) is 3.04. The van der Waals surface area contributed by atoms with Gasteiger partial charge in [0.2, 0.25) is 5.91 Å². The Morgan fingerprint density at radius 1 is 1.15 bits per heavy atom. The Hall–Kier alpha value is -3.10. The van der Waals surface area contributed by atoms with Gasteiger partial charge in [0, 0.05) is 30.6 Å². The molecule has 2 heterocycles. The second-order valence-corrected chi connectivity index (χ2v) is 9.49. The van der Waals surface area contributed by atoms with E-state index in [0.717, 1.165) is 24.1 Å². The van der Waals surface area contributed by atoms with Crippen LogP contribution in [0.5, 0.6) is 17.2 Å². The third-order valence-electron chi connectivity index (χ3n) is 7.71. The van der Waals surface area contributed by atoms with Gasteiger partial charge in [-0.15, -0.1) is 0 Å². The van der Waals surface area contributed by atoms with Crippen molar-refractivity contribution in [3.05, 3.63) is 47.5 Å². The Morgan fingerprint density at radius 3 is 2.58 bits per heavy atom. The average Bonchev–Trinajstić information content (AvgIpc) is 3.13. The highest BCUT2D eigenvalue weighted by molar-refractivity contribution is 5.90. The van der Waals surface area contributed by atoms with Crippen molar-refractivity contribution < 1.29 is 29.6 Å². The van der Waals surface area contributed by atoms with Crippen LogP contribution < -0.4 is 10.1 Å². The first-order chi connectivity index (χ1) is 15.7. The molecule has 8 nitrogen and oxygen atoms in total. The van der Waals surface area contributed by atoms with Crippen molar-refractivity contribution in [3.63, 3.8) is 0 Å². The number of ether oxygens (including phenoxy) is 1. The number of aliphatic hydroxyl groups is 1. The molecule has 0 unspecified atom stereocenters. The van der Waals surface area contributed by atoms with E-state index in [9.17, 15) is 19.8 Å². The van der Waals surface area contributed by atoms with E-state index in [2.05, 4.69) is 10.2 Å². The van der Waals surface area contributed by atoms with Crippen LogP contribution in [-0.4, -0.2) is 63.2 Å². The number of nitrogens with one attached hydrogen (secondary N) is 1. The van der Waals surface area contributed by atoms with Gasteiger partial charge in [-0.1, -0.05) is 6.07 Å². The van der Waals surface area contributed by atoms with Crippen molar-refractivity contribution in [2.75, 3.05) is 18.9 Å². The van der Waals surface area contributed by atoms with Gasteiger partial charge >= 0.3 is 0 Å². The molecule has 2 aliphatic heterocycles. The summed E-state index contributed by atoms with van der Waals surface area (Å²) in [6, 6.07) is 9.88. The Bertz CT molecular complexity index is 1130. The smallest absolute Gasteiger partial charge is 0.221 e. The molecule has 2 bridgehead atoms. The zero-order valence-corrected chi connectivity index (χ0v) is 18.7. The van der Waals surface area contributed by atoms with E-state index in [-0.39, 0.29) is 29.2 Å². The molecular formula is C25H28N2O6. The number of phenols is 2. The number of rotatable bonds is 1. The molecule has 0 radical (unpaired) electrons. The summed E-state index contributed by atoms with van der Waals surface area (Å²) < 4.78 is 5.94. The largest absolute Gasteiger partial charge is 0.508 e. The minimum atomic E-state index is -0.954. The van der Waals surface area contributed by atoms with E-state index >= 15 is 0 Å². The lowest BCUT2D eigenvalue weighted by molar-refractivity contribution is -0.185. The lowest BCUT2D eigenvalue weighted by atomic mass is 9.49. The van der Waals surface area contributed by atoms with Gasteiger partial charge in [-0.05, 0) is 68.8 Å². The van der Waals surface area contributed by atoms with Crippen LogP contribution in [0.2, 0.25) is 0 Å². The van der Waals surface area contributed by atoms with Crippen molar-refractivity contribution in [3.8, 4) is 17.2 Å². The number of likely N-dealkylation sites (N-methyl/N-ethyl adjacent to an activating group) is 1. The number of anilines is 1. The summed E-state index contributed by atoms with van der Waals surface area (Å²) in [5, 5.41) is 33.3. The van der Waals surface area contributed by atoms with Crippen LogP contribution in [-0.2, 0) is 21.4 Å². The van der Waals surface area contributed by atoms with Gasteiger partial charge in [0.05, 0.1) is 11.0 Å². The van der Waals surface area contributed by atoms with Crippen LogP contribution >= 0.6 is 0 Å². The number of amides is 1. The Labute approximate surface area is 191 Å². The van der Waals surface area contributed by atoms with E-state index in [1.54, 1.807) is 18.2 Å². The zero-order valence-electron chi connectivity index (χ0n) is 18.7. The number of likely N-dealkylation sites (tertiary alicyclic amines) is 1. The Balaban J connectivity index is 0.000000177. The van der Waals surface area contributed by atoms with Crippen LogP contribution in [0.15, 0.2) is 36.4 Å². The molecule has 1 saturated heterocycles. The molecule has 1 spiro atoms. The number of Topliss-reactive ketones (excluding diaryl/α,β-unsaturated/α-hetero) is 1. The van der Waals surface area contributed by atoms with Crippen LogP contribution in [0.25, 0.3) is 0 Å². The monoisotopic (exact) mass is 452 g/mol. The first kappa shape index (κ1) is 21.7. The molecular weight excluding hydrogens is 424 g/mol. The number of benzene rings is 2. The highest BCUT2D eigenvalue weighted by Crippen LogP contribution is 2.64. The van der Waals surface area contributed by atoms with Gasteiger partial charge in [-0.25, -0.2) is 0 Å². The molecule has 2 aromatic carbocycles. The number of hydrogen-bond acceptors (Lipinski definition) is 7. The Kier molecular flexibility index (Phi) is 4.91. The van der Waals surface area contributed by atoms with Gasteiger partial charge in [0.25, 0.3) is 0 Å². The van der Waals surface area contributed by atoms with E-state index in [0.29, 0.717) is 30.7 Å². The maximum absolute atomic E-state index is 12.5. The molecule has 4 aliphatic rings. The van der Waals surface area contributed by atoms with E-state index < -0.39 is 17.1 Å². The standard InChI is InChI=1S/C17H19NO4.C8H9NO2/c1-18-7-6-16-13-9-2-3-10(19)14(13)22-15(16)11(20)4-5-17(16,21)12(18)8-9;1-6(10)9-7-2-4-8(11)5-3-7/h2-3,12,15,19,21H,4-8H2,1H3;2-5,11H,1H3,(H,9,10)/t12-,15+,16+,17-;/m1./s1. The number of carbonyl (C=O) groups excluding carboxylic acids is 2. The molecule has 4 N–H and O–H groups in total. The molecule has 8 heteroatoms. The quantitative estimate of drug-likeness (QED) is 0.489. The average molecular weight is 453 g/mol. The maximum atomic E-state index is 12.5. The molecule has 174 valence electrons. The number of piperidine rings is 1. The first-order valence-corrected chi connectivity index (χ1v) is 11.2. The number of ketones is 1. The summed E-state index contributed by atoms with van der Waals surface area (Å²) in [6.07, 6.45) is 1.61. The highest BCUT2D eigenvalue weighted by Gasteiger charge is 2.72. The lowest BCUT2D eigenvalue weighted by Crippen LogP contribution is -2.76. The molecule has 2 aromatic rings. The zero-order chi connectivity index (χ0) is 23.5. The second kappa shape index (κ2) is 7.46. The first-order valence-electron chi connectivity index (χ1n) is 11.2. The molecule has 2 fully saturated rings. The van der Waals surface area contributed by atoms with Crippen molar-refractivity contribution in [2.24, 2.45) is 0 Å². The summed E-state index contributed by atoms with van der Waals surface area (Å²) in [7, 11) is 2.04. The van der Waals surface area contributed by atoms with Crippen LogP contribution in [0.3, 0.4) is 0 Å². The molecule has 1 amide bonds. The molecule has 2 aliphatic carbocycles. The van der Waals surface area contributed by atoms with Crippen molar-refractivity contribution in [1.82, 2.24) is 4.90 Å². The predicted octanol–water partition coefficient (Wildman–Crippen LogP) is 2.10. The van der Waals surface area contributed by atoms with Crippen molar-refractivity contribution in [2.45, 2.75) is 55.8 Å². The maximum Gasteiger partial charge on any atom is 0.221 e. The van der Waals surface area contributed by atoms with Gasteiger partial charge in [-0.3, -0.25) is 9.59 Å². The lowest BCUT2D eigenvalue weighted by Gasteiger charge is -2.61. The highest BCUT2D eigenvalue weighted by atomic mass is 16.5. The summed E-state index contributed by atoms with van der Waals surface area (Å²) in [4.78, 5) is 25.3. The van der Waals surface area contributed by atoms with E-state index in [4.69, 9.17) is 9.84 Å². The number of carbonyl (C=O) groups is 2. The summed E-state index contributed by atoms with van der Waals surface area (Å²) in [5.41, 5.74) is 1.06. The third-order valence-corrected chi connectivity index (χ3v) is 7.71.